The number of rotatable bonds is 11. The minimum atomic E-state index is -4.10. The molecule has 0 amide bonds. The standard InChI is InChI=1S/C24H31ClN6O6S/c1-14(21(37-5)22-26-12-16(25)13-27-22)38(32,33)30-24-29-28-23(15-9-10-17(11-15)34-2)31(24)20-18(35-3)7-6-8-19(20)36-4/h6-8,12-15,17,21H,9-11H2,1-5H3,(H,29,30)/t14-,15+,17+,21-/m0/s1. The van der Waals surface area contributed by atoms with E-state index in [4.69, 9.17) is 30.5 Å². The molecular formula is C24H31ClN6O6S. The summed E-state index contributed by atoms with van der Waals surface area (Å²) in [6.07, 6.45) is 4.24. The molecule has 1 aromatic carbocycles. The van der Waals surface area contributed by atoms with Crippen molar-refractivity contribution >= 4 is 27.6 Å². The lowest BCUT2D eigenvalue weighted by molar-refractivity contribution is 0.0950. The minimum absolute atomic E-state index is 0.0117. The van der Waals surface area contributed by atoms with Gasteiger partial charge in [-0.05, 0) is 38.3 Å². The van der Waals surface area contributed by atoms with Gasteiger partial charge in [-0.25, -0.2) is 18.4 Å². The molecular weight excluding hydrogens is 536 g/mol. The lowest BCUT2D eigenvalue weighted by Crippen LogP contribution is -2.33. The summed E-state index contributed by atoms with van der Waals surface area (Å²) in [6, 6.07) is 5.30. The number of hydrogen-bond donors (Lipinski definition) is 1. The van der Waals surface area contributed by atoms with Crippen molar-refractivity contribution in [1.82, 2.24) is 24.7 Å². The van der Waals surface area contributed by atoms with E-state index < -0.39 is 21.4 Å². The average Bonchev–Trinajstić information content (AvgIpc) is 3.56. The molecule has 38 heavy (non-hydrogen) atoms. The second-order valence-corrected chi connectivity index (χ2v) is 11.3. The third-order valence-corrected chi connectivity index (χ3v) is 8.58. The van der Waals surface area contributed by atoms with Gasteiger partial charge in [-0.3, -0.25) is 9.29 Å². The van der Waals surface area contributed by atoms with Crippen molar-refractivity contribution < 1.29 is 27.4 Å². The van der Waals surface area contributed by atoms with E-state index in [1.54, 1.807) is 29.9 Å². The average molecular weight is 567 g/mol. The Hall–Kier alpha value is -3.00. The van der Waals surface area contributed by atoms with Gasteiger partial charge < -0.3 is 18.9 Å². The smallest absolute Gasteiger partial charge is 0.243 e. The van der Waals surface area contributed by atoms with Crippen molar-refractivity contribution in [3.05, 3.63) is 47.3 Å². The summed E-state index contributed by atoms with van der Waals surface area (Å²) >= 11 is 5.89. The second kappa shape index (κ2) is 11.8. The number of halogens is 1. The van der Waals surface area contributed by atoms with E-state index in [1.807, 2.05) is 0 Å². The van der Waals surface area contributed by atoms with Gasteiger partial charge in [0.15, 0.2) is 5.82 Å². The Kier molecular flexibility index (Phi) is 8.71. The first-order chi connectivity index (χ1) is 18.2. The summed E-state index contributed by atoms with van der Waals surface area (Å²) < 4.78 is 53.8. The fraction of sp³-hybridized carbons (Fsp3) is 0.500. The summed E-state index contributed by atoms with van der Waals surface area (Å²) in [7, 11) is 2.03. The highest BCUT2D eigenvalue weighted by Crippen LogP contribution is 2.41. The number of benzene rings is 1. The van der Waals surface area contributed by atoms with Crippen molar-refractivity contribution in [2.75, 3.05) is 33.2 Å². The van der Waals surface area contributed by atoms with E-state index >= 15 is 0 Å². The molecule has 0 bridgehead atoms. The molecule has 0 spiro atoms. The zero-order valence-electron chi connectivity index (χ0n) is 21.8. The Morgan fingerprint density at radius 3 is 2.26 bits per heavy atom. The van der Waals surface area contributed by atoms with Crippen LogP contribution in [0, 0.1) is 0 Å². The lowest BCUT2D eigenvalue weighted by Gasteiger charge is -2.23. The molecule has 0 unspecified atom stereocenters. The number of aromatic nitrogens is 5. The fourth-order valence-corrected chi connectivity index (χ4v) is 5.88. The monoisotopic (exact) mass is 566 g/mol. The van der Waals surface area contributed by atoms with Gasteiger partial charge in [-0.2, -0.15) is 0 Å². The molecule has 0 radical (unpaired) electrons. The number of hydrogen-bond acceptors (Lipinski definition) is 10. The Balaban J connectivity index is 1.78. The van der Waals surface area contributed by atoms with Gasteiger partial charge in [-0.15, -0.1) is 10.2 Å². The lowest BCUT2D eigenvalue weighted by atomic mass is 10.1. The van der Waals surface area contributed by atoms with Crippen molar-refractivity contribution in [2.24, 2.45) is 0 Å². The zero-order valence-corrected chi connectivity index (χ0v) is 23.4. The van der Waals surface area contributed by atoms with Gasteiger partial charge in [0.05, 0.1) is 25.3 Å². The van der Waals surface area contributed by atoms with Crippen molar-refractivity contribution in [1.29, 1.82) is 0 Å². The molecule has 2 aromatic heterocycles. The Bertz CT molecular complexity index is 1330. The summed E-state index contributed by atoms with van der Waals surface area (Å²) in [5.41, 5.74) is 0.480. The molecule has 1 fully saturated rings. The van der Waals surface area contributed by atoms with Gasteiger partial charge in [0.1, 0.15) is 34.4 Å². The summed E-state index contributed by atoms with van der Waals surface area (Å²) in [6.45, 7) is 1.50. The number of nitrogens with one attached hydrogen (secondary N) is 1. The number of sulfonamides is 1. The molecule has 4 atom stereocenters. The van der Waals surface area contributed by atoms with E-state index in [-0.39, 0.29) is 23.8 Å². The van der Waals surface area contributed by atoms with E-state index in [9.17, 15) is 8.42 Å². The van der Waals surface area contributed by atoms with Crippen molar-refractivity contribution in [2.45, 2.75) is 49.6 Å². The highest BCUT2D eigenvalue weighted by Gasteiger charge is 2.37. The molecule has 0 saturated heterocycles. The van der Waals surface area contributed by atoms with Crippen LogP contribution in [-0.2, 0) is 19.5 Å². The van der Waals surface area contributed by atoms with Crippen LogP contribution in [0.3, 0.4) is 0 Å². The van der Waals surface area contributed by atoms with Crippen molar-refractivity contribution in [3.63, 3.8) is 0 Å². The summed E-state index contributed by atoms with van der Waals surface area (Å²) in [5.74, 6) is 1.64. The summed E-state index contributed by atoms with van der Waals surface area (Å²) in [5, 5.41) is 7.90. The molecule has 0 aliphatic heterocycles. The molecule has 206 valence electrons. The molecule has 12 nitrogen and oxygen atoms in total. The normalized spacial score (nSPS) is 19.2. The van der Waals surface area contributed by atoms with Gasteiger partial charge in [0, 0.05) is 32.5 Å². The number of para-hydroxylation sites is 1. The maximum absolute atomic E-state index is 13.6. The first-order valence-electron chi connectivity index (χ1n) is 11.9. The quantitative estimate of drug-likeness (QED) is 0.366. The number of nitrogens with zero attached hydrogens (tertiary/aromatic N) is 5. The van der Waals surface area contributed by atoms with Crippen LogP contribution in [0.1, 0.15) is 49.9 Å². The van der Waals surface area contributed by atoms with Crippen LogP contribution in [0.15, 0.2) is 30.6 Å². The first kappa shape index (κ1) is 28.0. The second-order valence-electron chi connectivity index (χ2n) is 8.86. The molecule has 4 rings (SSSR count). The molecule has 1 saturated carbocycles. The molecule has 2 heterocycles. The third-order valence-electron chi connectivity index (χ3n) is 6.69. The van der Waals surface area contributed by atoms with Crippen LogP contribution in [0.25, 0.3) is 5.69 Å². The van der Waals surface area contributed by atoms with E-state index in [0.29, 0.717) is 28.0 Å². The van der Waals surface area contributed by atoms with Crippen LogP contribution in [0.5, 0.6) is 11.5 Å². The minimum Gasteiger partial charge on any atom is -0.494 e. The van der Waals surface area contributed by atoms with Crippen LogP contribution >= 0.6 is 11.6 Å². The topological polar surface area (TPSA) is 140 Å². The van der Waals surface area contributed by atoms with Gasteiger partial charge in [0.2, 0.25) is 16.0 Å². The molecule has 1 aliphatic carbocycles. The van der Waals surface area contributed by atoms with Gasteiger partial charge >= 0.3 is 0 Å². The Labute approximate surface area is 226 Å². The predicted molar refractivity (Wildman–Crippen MR) is 141 cm³/mol. The Morgan fingerprint density at radius 2 is 1.71 bits per heavy atom. The molecule has 1 N–H and O–H groups in total. The number of anilines is 1. The van der Waals surface area contributed by atoms with Gasteiger partial charge in [-0.1, -0.05) is 17.7 Å². The highest BCUT2D eigenvalue weighted by molar-refractivity contribution is 7.93. The maximum atomic E-state index is 13.6. The first-order valence-corrected chi connectivity index (χ1v) is 13.9. The number of ether oxygens (including phenoxy) is 4. The third kappa shape index (κ3) is 5.55. The Morgan fingerprint density at radius 1 is 1.05 bits per heavy atom. The van der Waals surface area contributed by atoms with Crippen LogP contribution in [0.4, 0.5) is 5.95 Å². The van der Waals surface area contributed by atoms with Crippen LogP contribution in [-0.4, -0.2) is 72.9 Å². The maximum Gasteiger partial charge on any atom is 0.243 e. The van der Waals surface area contributed by atoms with E-state index in [1.165, 1.54) is 40.6 Å². The van der Waals surface area contributed by atoms with E-state index in [0.717, 1.165) is 19.3 Å². The molecule has 1 aliphatic rings. The molecule has 3 aromatic rings. The van der Waals surface area contributed by atoms with Gasteiger partial charge in [0.25, 0.3) is 0 Å². The molecule has 14 heteroatoms. The SMILES string of the molecule is COc1cccc(OC)c1-n1c(NS(=O)(=O)[C@@H](C)[C@H](OC)c2ncc(Cl)cn2)nnc1[C@@H]1CC[C@@H](OC)C1. The van der Waals surface area contributed by atoms with Crippen LogP contribution in [0.2, 0.25) is 5.02 Å². The largest absolute Gasteiger partial charge is 0.494 e. The fourth-order valence-electron chi connectivity index (χ4n) is 4.65. The summed E-state index contributed by atoms with van der Waals surface area (Å²) in [4.78, 5) is 8.27. The highest BCUT2D eigenvalue weighted by atomic mass is 35.5. The number of methoxy groups -OCH3 is 4. The zero-order chi connectivity index (χ0) is 27.4. The van der Waals surface area contributed by atoms with E-state index in [2.05, 4.69) is 24.9 Å². The van der Waals surface area contributed by atoms with Crippen LogP contribution < -0.4 is 14.2 Å². The van der Waals surface area contributed by atoms with Crippen molar-refractivity contribution in [3.8, 4) is 17.2 Å². The predicted octanol–water partition coefficient (Wildman–Crippen LogP) is 3.53.